The van der Waals surface area contributed by atoms with Crippen LogP contribution in [0.1, 0.15) is 18.4 Å². The Morgan fingerprint density at radius 1 is 1.00 bits per heavy atom. The molecule has 2 aromatic carbocycles. The van der Waals surface area contributed by atoms with E-state index in [1.54, 1.807) is 7.11 Å². The van der Waals surface area contributed by atoms with E-state index in [1.807, 2.05) is 18.2 Å². The van der Waals surface area contributed by atoms with E-state index in [1.165, 1.54) is 0 Å². The molecule has 0 aliphatic carbocycles. The number of nitrogens with zero attached hydrogens (tertiary/aromatic N) is 2. The number of methoxy groups -OCH3 is 1. The molecule has 3 aliphatic rings. The lowest BCUT2D eigenvalue weighted by Crippen LogP contribution is -2.57. The fraction of sp³-hybridized carbons (Fsp3) is 0.348. The highest BCUT2D eigenvalue weighted by molar-refractivity contribution is 5.84. The fourth-order valence-corrected chi connectivity index (χ4v) is 4.72. The van der Waals surface area contributed by atoms with Gasteiger partial charge in [-0.2, -0.15) is 0 Å². The van der Waals surface area contributed by atoms with Crippen LogP contribution in [0.4, 0.5) is 0 Å². The Bertz CT molecular complexity index is 977. The van der Waals surface area contributed by atoms with Crippen molar-refractivity contribution in [1.82, 2.24) is 9.88 Å². The number of pyridine rings is 1. The topological polar surface area (TPSA) is 45.6 Å². The highest BCUT2D eigenvalue weighted by Crippen LogP contribution is 2.42. The summed E-state index contributed by atoms with van der Waals surface area (Å²) in [5.41, 5.74) is 3.59. The fourth-order valence-electron chi connectivity index (χ4n) is 4.72. The van der Waals surface area contributed by atoms with Gasteiger partial charge in [0.1, 0.15) is 5.60 Å². The first-order valence-corrected chi connectivity index (χ1v) is 9.66. The van der Waals surface area contributed by atoms with Gasteiger partial charge in [0.25, 0.3) is 0 Å². The van der Waals surface area contributed by atoms with Crippen LogP contribution in [0.5, 0.6) is 5.88 Å². The molecule has 138 valence electrons. The minimum atomic E-state index is -0.696. The smallest absolute Gasteiger partial charge is 0.213 e. The normalized spacial score (nSPS) is 27.0. The molecule has 3 saturated heterocycles. The molecule has 27 heavy (non-hydrogen) atoms. The summed E-state index contributed by atoms with van der Waals surface area (Å²) in [6, 6.07) is 18.7. The number of ether oxygens (including phenoxy) is 1. The maximum absolute atomic E-state index is 11.3. The number of aliphatic hydroxyl groups is 1. The summed E-state index contributed by atoms with van der Waals surface area (Å²) in [5.74, 6) is 1.01. The van der Waals surface area contributed by atoms with Gasteiger partial charge in [0, 0.05) is 18.0 Å². The molecule has 1 atom stereocenters. The van der Waals surface area contributed by atoms with Crippen molar-refractivity contribution in [3.05, 3.63) is 60.2 Å². The van der Waals surface area contributed by atoms with Crippen LogP contribution < -0.4 is 4.74 Å². The van der Waals surface area contributed by atoms with Crippen LogP contribution >= 0.6 is 0 Å². The van der Waals surface area contributed by atoms with Gasteiger partial charge in [-0.25, -0.2) is 4.98 Å². The maximum atomic E-state index is 11.3. The van der Waals surface area contributed by atoms with Crippen molar-refractivity contribution in [3.63, 3.8) is 0 Å². The van der Waals surface area contributed by atoms with Gasteiger partial charge < -0.3 is 14.7 Å². The van der Waals surface area contributed by atoms with E-state index < -0.39 is 5.60 Å². The number of hydrogen-bond donors (Lipinski definition) is 1. The van der Waals surface area contributed by atoms with Crippen molar-refractivity contribution in [2.24, 2.45) is 5.92 Å². The molecule has 6 rings (SSSR count). The van der Waals surface area contributed by atoms with Crippen molar-refractivity contribution in [3.8, 4) is 17.0 Å². The quantitative estimate of drug-likeness (QED) is 0.771. The molecule has 3 aromatic rings. The van der Waals surface area contributed by atoms with Gasteiger partial charge in [-0.05, 0) is 66.7 Å². The summed E-state index contributed by atoms with van der Waals surface area (Å²) in [6.07, 6.45) is 2.19. The second kappa shape index (κ2) is 6.32. The minimum absolute atomic E-state index is 0.384. The zero-order valence-corrected chi connectivity index (χ0v) is 15.6. The van der Waals surface area contributed by atoms with E-state index in [4.69, 9.17) is 4.74 Å². The Balaban J connectivity index is 1.46. The Morgan fingerprint density at radius 2 is 1.74 bits per heavy atom. The molecule has 1 N–H and O–H groups in total. The Hall–Kier alpha value is -2.43. The third kappa shape index (κ3) is 2.80. The number of benzene rings is 2. The summed E-state index contributed by atoms with van der Waals surface area (Å²) < 4.78 is 5.20. The summed E-state index contributed by atoms with van der Waals surface area (Å²) >= 11 is 0. The molecular weight excluding hydrogens is 336 g/mol. The number of fused-ring (bicyclic) bond motifs is 4. The Morgan fingerprint density at radius 3 is 2.41 bits per heavy atom. The monoisotopic (exact) mass is 360 g/mol. The molecule has 1 aromatic heterocycles. The second-order valence-electron chi connectivity index (χ2n) is 7.81. The van der Waals surface area contributed by atoms with Crippen LogP contribution in [0.3, 0.4) is 0 Å². The van der Waals surface area contributed by atoms with Crippen molar-refractivity contribution < 1.29 is 9.84 Å². The SMILES string of the molecule is COc1ccc2cc(-c3ccc(C4(O)CN5CCC4CC5)cc3)ccc2n1. The molecular formula is C23H24N2O2. The van der Waals surface area contributed by atoms with E-state index in [-0.39, 0.29) is 0 Å². The van der Waals surface area contributed by atoms with Crippen LogP contribution in [0.2, 0.25) is 0 Å². The lowest BCUT2D eigenvalue weighted by Gasteiger charge is -2.50. The summed E-state index contributed by atoms with van der Waals surface area (Å²) in [4.78, 5) is 6.86. The van der Waals surface area contributed by atoms with Gasteiger partial charge in [-0.3, -0.25) is 0 Å². The predicted molar refractivity (Wildman–Crippen MR) is 107 cm³/mol. The van der Waals surface area contributed by atoms with Gasteiger partial charge in [0.15, 0.2) is 0 Å². The number of hydrogen-bond acceptors (Lipinski definition) is 4. The van der Waals surface area contributed by atoms with Crippen LogP contribution in [0.25, 0.3) is 22.0 Å². The molecule has 0 radical (unpaired) electrons. The number of piperidine rings is 3. The molecule has 4 heterocycles. The van der Waals surface area contributed by atoms with Crippen molar-refractivity contribution in [2.45, 2.75) is 18.4 Å². The van der Waals surface area contributed by atoms with Gasteiger partial charge >= 0.3 is 0 Å². The first-order chi connectivity index (χ1) is 13.2. The van der Waals surface area contributed by atoms with E-state index in [2.05, 4.69) is 46.3 Å². The standard InChI is InChI=1S/C23H24N2O2/c1-27-22-9-5-18-14-17(4-8-21(18)24-22)16-2-6-19(7-3-16)23(26)15-25-12-10-20(23)11-13-25/h2-9,14,20,26H,10-13,15H2,1H3. The zero-order chi connectivity index (χ0) is 18.4. The molecule has 0 amide bonds. The van der Waals surface area contributed by atoms with Gasteiger partial charge in [-0.1, -0.05) is 30.3 Å². The van der Waals surface area contributed by atoms with E-state index in [9.17, 15) is 5.11 Å². The first kappa shape index (κ1) is 16.7. The second-order valence-corrected chi connectivity index (χ2v) is 7.81. The van der Waals surface area contributed by atoms with Crippen molar-refractivity contribution in [1.29, 1.82) is 0 Å². The zero-order valence-electron chi connectivity index (χ0n) is 15.6. The van der Waals surface area contributed by atoms with Gasteiger partial charge in [0.2, 0.25) is 5.88 Å². The lowest BCUT2D eigenvalue weighted by atomic mass is 9.71. The molecule has 0 spiro atoms. The van der Waals surface area contributed by atoms with E-state index in [0.29, 0.717) is 11.8 Å². The average Bonchev–Trinajstić information content (AvgIpc) is 2.74. The number of rotatable bonds is 3. The summed E-state index contributed by atoms with van der Waals surface area (Å²) in [5, 5.41) is 12.4. The average molecular weight is 360 g/mol. The van der Waals surface area contributed by atoms with Crippen LogP contribution in [0.15, 0.2) is 54.6 Å². The van der Waals surface area contributed by atoms with Crippen LogP contribution in [-0.4, -0.2) is 41.7 Å². The maximum Gasteiger partial charge on any atom is 0.213 e. The van der Waals surface area contributed by atoms with Gasteiger partial charge in [-0.15, -0.1) is 0 Å². The first-order valence-electron chi connectivity index (χ1n) is 9.66. The Labute approximate surface area is 159 Å². The minimum Gasteiger partial charge on any atom is -0.481 e. The third-order valence-electron chi connectivity index (χ3n) is 6.32. The Kier molecular flexibility index (Phi) is 3.92. The predicted octanol–water partition coefficient (Wildman–Crippen LogP) is 3.82. The number of aromatic nitrogens is 1. The molecule has 0 saturated carbocycles. The van der Waals surface area contributed by atoms with E-state index >= 15 is 0 Å². The van der Waals surface area contributed by atoms with E-state index in [0.717, 1.165) is 60.1 Å². The van der Waals surface area contributed by atoms with Crippen molar-refractivity contribution in [2.75, 3.05) is 26.7 Å². The summed E-state index contributed by atoms with van der Waals surface area (Å²) in [6.45, 7) is 3.02. The molecule has 3 fully saturated rings. The molecule has 2 bridgehead atoms. The molecule has 4 nitrogen and oxygen atoms in total. The van der Waals surface area contributed by atoms with Crippen LogP contribution in [-0.2, 0) is 5.60 Å². The highest BCUT2D eigenvalue weighted by atomic mass is 16.5. The molecule has 4 heteroatoms. The molecule has 3 aliphatic heterocycles. The molecule has 1 unspecified atom stereocenters. The van der Waals surface area contributed by atoms with Gasteiger partial charge in [0.05, 0.1) is 12.6 Å². The third-order valence-corrected chi connectivity index (χ3v) is 6.32. The highest BCUT2D eigenvalue weighted by Gasteiger charge is 2.46. The van der Waals surface area contributed by atoms with Crippen LogP contribution in [0, 0.1) is 5.92 Å². The lowest BCUT2D eigenvalue weighted by molar-refractivity contribution is -0.117. The summed E-state index contributed by atoms with van der Waals surface area (Å²) in [7, 11) is 1.63. The van der Waals surface area contributed by atoms with Crippen molar-refractivity contribution >= 4 is 10.9 Å². The largest absolute Gasteiger partial charge is 0.481 e.